The summed E-state index contributed by atoms with van der Waals surface area (Å²) in [5.74, 6) is -0.453. The number of rotatable bonds is 7. The molecule has 1 amide bonds. The third-order valence-corrected chi connectivity index (χ3v) is 4.30. The number of amides is 1. The topological polar surface area (TPSA) is 101 Å². The molecule has 0 saturated heterocycles. The number of benzene rings is 1. The fourth-order valence-corrected chi connectivity index (χ4v) is 2.92. The van der Waals surface area contributed by atoms with Gasteiger partial charge in [-0.15, -0.1) is 0 Å². The number of carbonyl (C=O) groups excluding carboxylic acids is 1. The molecule has 2 heterocycles. The molecule has 0 aliphatic heterocycles. The van der Waals surface area contributed by atoms with Crippen LogP contribution >= 0.6 is 0 Å². The van der Waals surface area contributed by atoms with Crippen molar-refractivity contribution < 1.29 is 9.90 Å². The van der Waals surface area contributed by atoms with Crippen molar-refractivity contribution in [2.75, 3.05) is 0 Å². The van der Waals surface area contributed by atoms with E-state index in [1.165, 1.54) is 0 Å². The highest BCUT2D eigenvalue weighted by molar-refractivity contribution is 5.86. The molecular formula is C20H20N4O2. The number of nitrogens with zero attached hydrogens (tertiary/aromatic N) is 2. The van der Waals surface area contributed by atoms with Crippen molar-refractivity contribution in [3.8, 4) is 5.75 Å². The van der Waals surface area contributed by atoms with E-state index < -0.39 is 11.4 Å². The second kappa shape index (κ2) is 7.76. The van der Waals surface area contributed by atoms with E-state index >= 15 is 0 Å². The van der Waals surface area contributed by atoms with E-state index in [1.807, 2.05) is 24.3 Å². The first kappa shape index (κ1) is 17.6. The largest absolute Gasteiger partial charge is 0.508 e. The molecule has 6 nitrogen and oxygen atoms in total. The van der Waals surface area contributed by atoms with E-state index in [-0.39, 0.29) is 5.75 Å². The number of aromatic nitrogens is 2. The Labute approximate surface area is 151 Å². The van der Waals surface area contributed by atoms with Gasteiger partial charge in [0.05, 0.1) is 0 Å². The monoisotopic (exact) mass is 348 g/mol. The predicted octanol–water partition coefficient (Wildman–Crippen LogP) is 1.90. The highest BCUT2D eigenvalue weighted by atomic mass is 16.3. The Balaban J connectivity index is 2.01. The van der Waals surface area contributed by atoms with Crippen molar-refractivity contribution in [3.05, 3.63) is 90.0 Å². The van der Waals surface area contributed by atoms with Crippen molar-refractivity contribution in [3.63, 3.8) is 0 Å². The van der Waals surface area contributed by atoms with Crippen molar-refractivity contribution in [1.82, 2.24) is 15.3 Å². The molecule has 1 aromatic carbocycles. The SMILES string of the molecule is NC(=O)C(Cc1cccnc1)(NCc1ccncc1)c1cccc(O)c1. The second-order valence-corrected chi connectivity index (χ2v) is 6.07. The van der Waals surface area contributed by atoms with Crippen LogP contribution in [0.4, 0.5) is 0 Å². The number of carbonyl (C=O) groups is 1. The molecule has 0 saturated carbocycles. The molecule has 132 valence electrons. The summed E-state index contributed by atoms with van der Waals surface area (Å²) in [7, 11) is 0. The minimum absolute atomic E-state index is 0.0741. The lowest BCUT2D eigenvalue weighted by molar-refractivity contribution is -0.125. The zero-order chi connectivity index (χ0) is 18.4. The molecule has 0 spiro atoms. The van der Waals surface area contributed by atoms with E-state index in [2.05, 4.69) is 15.3 Å². The first-order chi connectivity index (χ1) is 12.6. The molecule has 2 aromatic heterocycles. The normalized spacial score (nSPS) is 13.1. The maximum absolute atomic E-state index is 12.6. The number of aromatic hydroxyl groups is 1. The number of hydrogen-bond acceptors (Lipinski definition) is 5. The summed E-state index contributed by atoms with van der Waals surface area (Å²) in [6.07, 6.45) is 7.07. The van der Waals surface area contributed by atoms with E-state index in [0.717, 1.165) is 11.1 Å². The Morgan fingerprint density at radius 2 is 1.85 bits per heavy atom. The first-order valence-corrected chi connectivity index (χ1v) is 8.22. The standard InChI is InChI=1S/C20H20N4O2/c21-19(26)20(12-16-3-2-8-23-13-16,17-4-1-5-18(25)11-17)24-14-15-6-9-22-10-7-15/h1-11,13,24-25H,12,14H2,(H2,21,26). The van der Waals surface area contributed by atoms with Gasteiger partial charge in [-0.05, 0) is 47.0 Å². The smallest absolute Gasteiger partial charge is 0.242 e. The predicted molar refractivity (Wildman–Crippen MR) is 98.0 cm³/mol. The van der Waals surface area contributed by atoms with Gasteiger partial charge < -0.3 is 10.8 Å². The summed E-state index contributed by atoms with van der Waals surface area (Å²) >= 11 is 0. The van der Waals surface area contributed by atoms with Gasteiger partial charge in [-0.25, -0.2) is 0 Å². The number of nitrogens with one attached hydrogen (secondary N) is 1. The van der Waals surface area contributed by atoms with Gasteiger partial charge >= 0.3 is 0 Å². The summed E-state index contributed by atoms with van der Waals surface area (Å²) in [4.78, 5) is 20.7. The van der Waals surface area contributed by atoms with Crippen LogP contribution in [0.25, 0.3) is 0 Å². The average Bonchev–Trinajstić information content (AvgIpc) is 2.66. The summed E-state index contributed by atoms with van der Waals surface area (Å²) in [5.41, 5.74) is 7.09. The van der Waals surface area contributed by atoms with Gasteiger partial charge in [-0.2, -0.15) is 0 Å². The number of pyridine rings is 2. The van der Waals surface area contributed by atoms with Crippen LogP contribution in [-0.4, -0.2) is 21.0 Å². The Kier molecular flexibility index (Phi) is 5.24. The quantitative estimate of drug-likeness (QED) is 0.605. The fraction of sp³-hybridized carbons (Fsp3) is 0.150. The molecule has 0 aliphatic carbocycles. The maximum atomic E-state index is 12.6. The summed E-state index contributed by atoms with van der Waals surface area (Å²) in [5, 5.41) is 13.2. The van der Waals surface area contributed by atoms with Crippen LogP contribution in [0.1, 0.15) is 16.7 Å². The molecule has 0 fully saturated rings. The Morgan fingerprint density at radius 1 is 1.04 bits per heavy atom. The lowest BCUT2D eigenvalue weighted by Gasteiger charge is -2.33. The van der Waals surface area contributed by atoms with Crippen molar-refractivity contribution in [1.29, 1.82) is 0 Å². The van der Waals surface area contributed by atoms with Crippen LogP contribution in [0, 0.1) is 0 Å². The van der Waals surface area contributed by atoms with Gasteiger partial charge in [0.15, 0.2) is 0 Å². The molecule has 3 aromatic rings. The average molecular weight is 348 g/mol. The summed E-state index contributed by atoms with van der Waals surface area (Å²) in [6, 6.07) is 14.0. The third-order valence-electron chi connectivity index (χ3n) is 4.30. The molecular weight excluding hydrogens is 328 g/mol. The van der Waals surface area contributed by atoms with Gasteiger partial charge in [0.1, 0.15) is 11.3 Å². The third kappa shape index (κ3) is 3.87. The van der Waals surface area contributed by atoms with Crippen LogP contribution in [0.2, 0.25) is 0 Å². The van der Waals surface area contributed by atoms with E-state index in [9.17, 15) is 9.90 Å². The van der Waals surface area contributed by atoms with Crippen molar-refractivity contribution in [2.45, 2.75) is 18.5 Å². The zero-order valence-corrected chi connectivity index (χ0v) is 14.2. The summed E-state index contributed by atoms with van der Waals surface area (Å²) < 4.78 is 0. The maximum Gasteiger partial charge on any atom is 0.242 e. The van der Waals surface area contributed by atoms with Crippen molar-refractivity contribution >= 4 is 5.91 Å². The zero-order valence-electron chi connectivity index (χ0n) is 14.2. The van der Waals surface area contributed by atoms with Crippen LogP contribution in [-0.2, 0) is 23.3 Å². The lowest BCUT2D eigenvalue weighted by atomic mass is 9.83. The molecule has 26 heavy (non-hydrogen) atoms. The van der Waals surface area contributed by atoms with E-state index in [1.54, 1.807) is 49.1 Å². The van der Waals surface area contributed by atoms with Gasteiger partial charge in [-0.1, -0.05) is 18.2 Å². The Hall–Kier alpha value is -3.25. The minimum Gasteiger partial charge on any atom is -0.508 e. The number of primary amides is 1. The molecule has 6 heteroatoms. The van der Waals surface area contributed by atoms with Gasteiger partial charge in [0.25, 0.3) is 0 Å². The number of nitrogens with two attached hydrogens (primary N) is 1. The van der Waals surface area contributed by atoms with E-state index in [0.29, 0.717) is 18.5 Å². The highest BCUT2D eigenvalue weighted by Gasteiger charge is 2.38. The molecule has 3 rings (SSSR count). The van der Waals surface area contributed by atoms with Gasteiger partial charge in [0.2, 0.25) is 5.91 Å². The molecule has 0 radical (unpaired) electrons. The molecule has 1 unspecified atom stereocenters. The van der Waals surface area contributed by atoms with Crippen LogP contribution in [0.5, 0.6) is 5.75 Å². The molecule has 0 bridgehead atoms. The number of phenols is 1. The second-order valence-electron chi connectivity index (χ2n) is 6.07. The van der Waals surface area contributed by atoms with Crippen LogP contribution in [0.15, 0.2) is 73.3 Å². The highest BCUT2D eigenvalue weighted by Crippen LogP contribution is 2.29. The fourth-order valence-electron chi connectivity index (χ4n) is 2.92. The lowest BCUT2D eigenvalue weighted by Crippen LogP contribution is -2.54. The molecule has 0 aliphatic rings. The van der Waals surface area contributed by atoms with Gasteiger partial charge in [-0.3, -0.25) is 20.1 Å². The van der Waals surface area contributed by atoms with Crippen LogP contribution in [0.3, 0.4) is 0 Å². The minimum atomic E-state index is -1.19. The molecule has 4 N–H and O–H groups in total. The Bertz CT molecular complexity index is 871. The number of phenolic OH excluding ortho intramolecular Hbond substituents is 1. The Morgan fingerprint density at radius 3 is 2.50 bits per heavy atom. The first-order valence-electron chi connectivity index (χ1n) is 8.22. The van der Waals surface area contributed by atoms with Gasteiger partial charge in [0, 0.05) is 37.8 Å². The number of hydrogen-bond donors (Lipinski definition) is 3. The molecule has 1 atom stereocenters. The van der Waals surface area contributed by atoms with Crippen molar-refractivity contribution in [2.24, 2.45) is 5.73 Å². The van der Waals surface area contributed by atoms with Crippen LogP contribution < -0.4 is 11.1 Å². The summed E-state index contributed by atoms with van der Waals surface area (Å²) in [6.45, 7) is 0.418. The van der Waals surface area contributed by atoms with E-state index in [4.69, 9.17) is 5.73 Å².